The Hall–Kier alpha value is -1.56. The number of carbonyl (C=O) groups excluding carboxylic acids is 1. The zero-order valence-corrected chi connectivity index (χ0v) is 15.9. The monoisotopic (exact) mass is 336 g/mol. The first kappa shape index (κ1) is 18.8. The molecular weight excluding hydrogens is 304 g/mol. The van der Waals surface area contributed by atoms with Gasteiger partial charge in [0.25, 0.3) is 0 Å². The summed E-state index contributed by atoms with van der Waals surface area (Å²) in [6.07, 6.45) is 3.81. The topological polar surface area (TPSA) is 59.4 Å². The van der Waals surface area contributed by atoms with E-state index in [0.717, 1.165) is 18.7 Å². The van der Waals surface area contributed by atoms with Crippen molar-refractivity contribution in [1.29, 1.82) is 0 Å². The lowest BCUT2D eigenvalue weighted by Gasteiger charge is -2.22. The fourth-order valence-corrected chi connectivity index (χ4v) is 3.48. The molecule has 1 fully saturated rings. The van der Waals surface area contributed by atoms with Crippen molar-refractivity contribution in [2.24, 2.45) is 16.7 Å². The summed E-state index contributed by atoms with van der Waals surface area (Å²) < 4.78 is 7.02. The Balaban J connectivity index is 1.92. The summed E-state index contributed by atoms with van der Waals surface area (Å²) in [5, 5.41) is 7.39. The predicted octanol–water partition coefficient (Wildman–Crippen LogP) is 2.74. The molecule has 136 valence electrons. The number of nitrogens with one attached hydrogen (secondary N) is 1. The molecule has 0 aromatic carbocycles. The molecule has 0 saturated heterocycles. The van der Waals surface area contributed by atoms with E-state index in [0.29, 0.717) is 25.6 Å². The predicted molar refractivity (Wildman–Crippen MR) is 94.6 cm³/mol. The Kier molecular flexibility index (Phi) is 5.58. The van der Waals surface area contributed by atoms with E-state index >= 15 is 0 Å². The summed E-state index contributed by atoms with van der Waals surface area (Å²) >= 11 is 0. The van der Waals surface area contributed by atoms with Crippen LogP contribution in [0.2, 0.25) is 0 Å². The highest BCUT2D eigenvalue weighted by atomic mass is 16.5. The number of rotatable bonds is 8. The van der Waals surface area contributed by atoms with Crippen LogP contribution in [0.3, 0.4) is 0 Å². The molecule has 0 bridgehead atoms. The Morgan fingerprint density at radius 3 is 2.54 bits per heavy atom. The van der Waals surface area contributed by atoms with Crippen molar-refractivity contribution in [2.75, 3.05) is 26.8 Å². The first-order valence-corrected chi connectivity index (χ1v) is 8.77. The van der Waals surface area contributed by atoms with Crippen molar-refractivity contribution in [3.05, 3.63) is 18.0 Å². The number of methoxy groups -OCH3 is 1. The number of carbonyl (C=O) groups is 1. The summed E-state index contributed by atoms with van der Waals surface area (Å²) in [6.45, 7) is 14.3. The summed E-state index contributed by atoms with van der Waals surface area (Å²) in [4.78, 5) is 14.4. The molecule has 6 nitrogen and oxygen atoms in total. The normalized spacial score (nSPS) is 18.4. The Morgan fingerprint density at radius 2 is 2.04 bits per heavy atom. The van der Waals surface area contributed by atoms with Crippen LogP contribution in [0.1, 0.15) is 40.2 Å². The van der Waals surface area contributed by atoms with E-state index in [1.807, 2.05) is 24.0 Å². The number of hydrogen-bond donors (Lipinski definition) is 1. The molecule has 0 radical (unpaired) electrons. The quantitative estimate of drug-likeness (QED) is 0.794. The number of nitrogens with zero attached hydrogens (tertiary/aromatic N) is 3. The van der Waals surface area contributed by atoms with Gasteiger partial charge in [-0.1, -0.05) is 27.7 Å². The molecule has 1 aromatic rings. The molecule has 1 heterocycles. The molecule has 1 N–H and O–H groups in total. The van der Waals surface area contributed by atoms with Crippen LogP contribution in [0.25, 0.3) is 0 Å². The fourth-order valence-electron chi connectivity index (χ4n) is 3.48. The maximum absolute atomic E-state index is 12.6. The van der Waals surface area contributed by atoms with Gasteiger partial charge in [0.05, 0.1) is 19.3 Å². The minimum absolute atomic E-state index is 0.0326. The van der Waals surface area contributed by atoms with Crippen LogP contribution in [0.4, 0.5) is 4.79 Å². The van der Waals surface area contributed by atoms with E-state index in [4.69, 9.17) is 4.74 Å². The van der Waals surface area contributed by atoms with Crippen LogP contribution in [0, 0.1) is 16.7 Å². The third-order valence-corrected chi connectivity index (χ3v) is 6.01. The second kappa shape index (κ2) is 7.13. The van der Waals surface area contributed by atoms with Gasteiger partial charge in [0.15, 0.2) is 0 Å². The van der Waals surface area contributed by atoms with E-state index in [1.165, 1.54) is 0 Å². The van der Waals surface area contributed by atoms with Gasteiger partial charge in [0.2, 0.25) is 0 Å². The number of ether oxygens (including phenoxy) is 1. The molecule has 1 aliphatic rings. The van der Waals surface area contributed by atoms with Crippen LogP contribution < -0.4 is 5.32 Å². The fraction of sp³-hybridized carbons (Fsp3) is 0.778. The van der Waals surface area contributed by atoms with Crippen LogP contribution in [-0.2, 0) is 17.8 Å². The molecule has 6 heteroatoms. The van der Waals surface area contributed by atoms with Gasteiger partial charge in [-0.3, -0.25) is 4.68 Å². The van der Waals surface area contributed by atoms with Gasteiger partial charge < -0.3 is 15.0 Å². The molecule has 2 amide bonds. The van der Waals surface area contributed by atoms with Crippen molar-refractivity contribution in [2.45, 2.75) is 47.7 Å². The lowest BCUT2D eigenvalue weighted by Crippen LogP contribution is -2.42. The van der Waals surface area contributed by atoms with E-state index in [1.54, 1.807) is 12.0 Å². The average Bonchev–Trinajstić information content (AvgIpc) is 2.87. The van der Waals surface area contributed by atoms with Crippen molar-refractivity contribution < 1.29 is 9.53 Å². The average molecular weight is 336 g/mol. The van der Waals surface area contributed by atoms with Crippen molar-refractivity contribution in [3.63, 3.8) is 0 Å². The van der Waals surface area contributed by atoms with Crippen LogP contribution in [-0.4, -0.2) is 47.5 Å². The molecule has 0 aliphatic heterocycles. The maximum atomic E-state index is 12.6. The van der Waals surface area contributed by atoms with Gasteiger partial charge in [-0.25, -0.2) is 4.79 Å². The number of aromatic nitrogens is 2. The second-order valence-corrected chi connectivity index (χ2v) is 7.80. The van der Waals surface area contributed by atoms with Gasteiger partial charge >= 0.3 is 6.03 Å². The Bertz CT molecular complexity index is 551. The van der Waals surface area contributed by atoms with Gasteiger partial charge in [-0.15, -0.1) is 0 Å². The number of hydrogen-bond acceptors (Lipinski definition) is 3. The van der Waals surface area contributed by atoms with Crippen LogP contribution in [0.15, 0.2) is 12.4 Å². The van der Waals surface area contributed by atoms with E-state index in [2.05, 4.69) is 38.1 Å². The van der Waals surface area contributed by atoms with Gasteiger partial charge in [0, 0.05) is 38.5 Å². The van der Waals surface area contributed by atoms with Gasteiger partial charge in [-0.2, -0.15) is 5.10 Å². The molecule has 24 heavy (non-hydrogen) atoms. The van der Waals surface area contributed by atoms with E-state index < -0.39 is 0 Å². The first-order chi connectivity index (χ1) is 11.2. The van der Waals surface area contributed by atoms with E-state index in [9.17, 15) is 4.79 Å². The van der Waals surface area contributed by atoms with Crippen molar-refractivity contribution in [1.82, 2.24) is 20.0 Å². The highest BCUT2D eigenvalue weighted by molar-refractivity contribution is 5.74. The molecule has 1 aromatic heterocycles. The molecular formula is C18H32N4O2. The highest BCUT2D eigenvalue weighted by Crippen LogP contribution is 2.67. The molecule has 2 rings (SSSR count). The van der Waals surface area contributed by atoms with Gasteiger partial charge in [0.1, 0.15) is 0 Å². The second-order valence-electron chi connectivity index (χ2n) is 7.80. The summed E-state index contributed by atoms with van der Waals surface area (Å²) in [5.74, 6) is 0.515. The van der Waals surface area contributed by atoms with Gasteiger partial charge in [-0.05, 0) is 23.7 Å². The third-order valence-electron chi connectivity index (χ3n) is 6.01. The summed E-state index contributed by atoms with van der Waals surface area (Å²) in [7, 11) is 1.65. The van der Waals surface area contributed by atoms with Crippen LogP contribution in [0.5, 0.6) is 0 Å². The summed E-state index contributed by atoms with van der Waals surface area (Å²) in [5.41, 5.74) is 1.59. The lowest BCUT2D eigenvalue weighted by molar-refractivity contribution is 0.146. The zero-order valence-electron chi connectivity index (χ0n) is 15.9. The highest BCUT2D eigenvalue weighted by Gasteiger charge is 2.64. The number of amides is 2. The van der Waals surface area contributed by atoms with Crippen molar-refractivity contribution in [3.8, 4) is 0 Å². The smallest absolute Gasteiger partial charge is 0.317 e. The molecule has 0 spiro atoms. The minimum Gasteiger partial charge on any atom is -0.383 e. The third kappa shape index (κ3) is 3.74. The zero-order chi connectivity index (χ0) is 18.0. The SMILES string of the molecule is CCn1cc(CN(CCOC)C(=O)NCC2C(C)(C)C2(C)C)cn1. The molecule has 1 aliphatic carbocycles. The minimum atomic E-state index is -0.0326. The Labute approximate surface area is 145 Å². The lowest BCUT2D eigenvalue weighted by atomic mass is 10.0. The van der Waals surface area contributed by atoms with Crippen molar-refractivity contribution >= 4 is 6.03 Å². The molecule has 0 unspecified atom stereocenters. The number of urea groups is 1. The largest absolute Gasteiger partial charge is 0.383 e. The molecule has 0 atom stereocenters. The summed E-state index contributed by atoms with van der Waals surface area (Å²) in [6, 6.07) is -0.0326. The Morgan fingerprint density at radius 1 is 1.38 bits per heavy atom. The first-order valence-electron chi connectivity index (χ1n) is 8.77. The van der Waals surface area contributed by atoms with E-state index in [-0.39, 0.29) is 16.9 Å². The number of aryl methyl sites for hydroxylation is 1. The maximum Gasteiger partial charge on any atom is 0.317 e. The standard InChI is InChI=1S/C18H32N4O2/c1-7-22-13-14(10-20-22)12-21(8-9-24-6)16(23)19-11-15-17(2,3)18(15,4)5/h10,13,15H,7-9,11-12H2,1-6H3,(H,19,23). The van der Waals surface area contributed by atoms with Crippen LogP contribution >= 0.6 is 0 Å². The molecule has 1 saturated carbocycles.